The number of nitro benzene ring substituents is 1. The second kappa shape index (κ2) is 3.95. The topological polar surface area (TPSA) is 56.0 Å². The van der Waals surface area contributed by atoms with Gasteiger partial charge in [-0.1, -0.05) is 11.6 Å². The van der Waals surface area contributed by atoms with E-state index in [9.17, 15) is 14.5 Å². The zero-order valence-corrected chi connectivity index (χ0v) is 9.92. The van der Waals surface area contributed by atoms with Crippen LogP contribution in [0.1, 0.15) is 0 Å². The molecule has 82 valence electrons. The van der Waals surface area contributed by atoms with Gasteiger partial charge >= 0.3 is 5.69 Å². The normalized spacial score (nSPS) is 10.7. The van der Waals surface area contributed by atoms with Crippen molar-refractivity contribution in [2.24, 2.45) is 0 Å². The van der Waals surface area contributed by atoms with Gasteiger partial charge < -0.3 is 0 Å². The highest BCUT2D eigenvalue weighted by Crippen LogP contribution is 2.36. The summed E-state index contributed by atoms with van der Waals surface area (Å²) in [5.41, 5.74) is -0.595. The van der Waals surface area contributed by atoms with Crippen LogP contribution in [0.3, 0.4) is 0 Å². The van der Waals surface area contributed by atoms with Crippen LogP contribution in [0.5, 0.6) is 0 Å². The van der Waals surface area contributed by atoms with Crippen LogP contribution < -0.4 is 0 Å². The second-order valence-corrected chi connectivity index (χ2v) is 4.18. The summed E-state index contributed by atoms with van der Waals surface area (Å²) in [6, 6.07) is 2.36. The van der Waals surface area contributed by atoms with Gasteiger partial charge in [-0.05, 0) is 28.1 Å². The lowest BCUT2D eigenvalue weighted by atomic mass is 10.1. The summed E-state index contributed by atoms with van der Waals surface area (Å²) in [7, 11) is 0. The number of pyridine rings is 1. The van der Waals surface area contributed by atoms with Crippen molar-refractivity contribution in [3.63, 3.8) is 0 Å². The van der Waals surface area contributed by atoms with Crippen molar-refractivity contribution in [1.82, 2.24) is 4.98 Å². The van der Waals surface area contributed by atoms with Crippen molar-refractivity contribution in [3.05, 3.63) is 43.9 Å². The number of benzene rings is 1. The minimum Gasteiger partial charge on any atom is -0.258 e. The van der Waals surface area contributed by atoms with Crippen LogP contribution in [-0.4, -0.2) is 9.91 Å². The molecule has 16 heavy (non-hydrogen) atoms. The summed E-state index contributed by atoms with van der Waals surface area (Å²) in [4.78, 5) is 13.8. The quantitative estimate of drug-likeness (QED) is 0.458. The SMILES string of the molecule is O=[N+]([O-])c1c(F)cc(Br)c2c(Cl)nccc12. The van der Waals surface area contributed by atoms with Crippen molar-refractivity contribution >= 4 is 44.0 Å². The number of rotatable bonds is 1. The zero-order valence-electron chi connectivity index (χ0n) is 7.58. The maximum absolute atomic E-state index is 13.4. The molecular formula is C9H3BrClFN2O2. The molecule has 0 aliphatic heterocycles. The smallest absolute Gasteiger partial charge is 0.258 e. The molecular weight excluding hydrogens is 302 g/mol. The van der Waals surface area contributed by atoms with Crippen LogP contribution >= 0.6 is 27.5 Å². The van der Waals surface area contributed by atoms with Gasteiger partial charge in [0.2, 0.25) is 5.82 Å². The predicted molar refractivity (Wildman–Crippen MR) is 61.1 cm³/mol. The minimum atomic E-state index is -0.911. The number of hydrogen-bond acceptors (Lipinski definition) is 3. The van der Waals surface area contributed by atoms with Gasteiger partial charge in [-0.25, -0.2) is 4.98 Å². The van der Waals surface area contributed by atoms with Gasteiger partial charge in [0.15, 0.2) is 0 Å². The van der Waals surface area contributed by atoms with Crippen molar-refractivity contribution in [1.29, 1.82) is 0 Å². The highest BCUT2D eigenvalue weighted by atomic mass is 79.9. The van der Waals surface area contributed by atoms with Gasteiger partial charge in [-0.2, -0.15) is 4.39 Å². The van der Waals surface area contributed by atoms with Crippen LogP contribution in [-0.2, 0) is 0 Å². The summed E-state index contributed by atoms with van der Waals surface area (Å²) >= 11 is 8.90. The molecule has 0 bridgehead atoms. The van der Waals surface area contributed by atoms with E-state index in [0.717, 1.165) is 6.07 Å². The van der Waals surface area contributed by atoms with E-state index >= 15 is 0 Å². The van der Waals surface area contributed by atoms with Crippen molar-refractivity contribution in [2.45, 2.75) is 0 Å². The Morgan fingerprint density at radius 2 is 2.25 bits per heavy atom. The molecule has 0 saturated heterocycles. The van der Waals surface area contributed by atoms with Crippen LogP contribution in [0.4, 0.5) is 10.1 Å². The molecule has 0 unspecified atom stereocenters. The van der Waals surface area contributed by atoms with E-state index in [-0.39, 0.29) is 10.5 Å². The second-order valence-electron chi connectivity index (χ2n) is 2.97. The predicted octanol–water partition coefficient (Wildman–Crippen LogP) is 3.70. The lowest BCUT2D eigenvalue weighted by molar-refractivity contribution is -0.385. The van der Waals surface area contributed by atoms with E-state index in [2.05, 4.69) is 20.9 Å². The molecule has 0 fully saturated rings. The van der Waals surface area contributed by atoms with E-state index < -0.39 is 16.4 Å². The van der Waals surface area contributed by atoms with E-state index in [1.54, 1.807) is 0 Å². The first-order valence-electron chi connectivity index (χ1n) is 4.09. The van der Waals surface area contributed by atoms with Gasteiger partial charge in [-0.3, -0.25) is 10.1 Å². The third kappa shape index (κ3) is 1.64. The first-order chi connectivity index (χ1) is 7.52. The molecule has 2 rings (SSSR count). The molecule has 7 heteroatoms. The van der Waals surface area contributed by atoms with Crippen LogP contribution in [0.15, 0.2) is 22.8 Å². The molecule has 4 nitrogen and oxygen atoms in total. The van der Waals surface area contributed by atoms with E-state index in [1.807, 2.05) is 0 Å². The average Bonchev–Trinajstić information content (AvgIpc) is 2.15. The molecule has 0 aliphatic carbocycles. The van der Waals surface area contributed by atoms with E-state index in [0.29, 0.717) is 9.86 Å². The monoisotopic (exact) mass is 304 g/mol. The fourth-order valence-corrected chi connectivity index (χ4v) is 2.40. The Labute approximate surface area is 102 Å². The molecule has 0 amide bonds. The fraction of sp³-hybridized carbons (Fsp3) is 0. The molecule has 0 aliphatic rings. The Kier molecular flexibility index (Phi) is 2.77. The lowest BCUT2D eigenvalue weighted by Crippen LogP contribution is -1.95. The summed E-state index contributed by atoms with van der Waals surface area (Å²) in [6.45, 7) is 0. The minimum absolute atomic E-state index is 0.0903. The molecule has 0 N–H and O–H groups in total. The Morgan fingerprint density at radius 1 is 1.56 bits per heavy atom. The molecule has 0 spiro atoms. The summed E-state index contributed by atoms with van der Waals surface area (Å²) in [5, 5.41) is 11.3. The first-order valence-corrected chi connectivity index (χ1v) is 5.26. The van der Waals surface area contributed by atoms with Gasteiger partial charge in [-0.15, -0.1) is 0 Å². The third-order valence-electron chi connectivity index (χ3n) is 2.06. The number of halogens is 3. The van der Waals surface area contributed by atoms with E-state index in [1.165, 1.54) is 12.3 Å². The fourth-order valence-electron chi connectivity index (χ4n) is 1.43. The lowest BCUT2D eigenvalue weighted by Gasteiger charge is -2.04. The molecule has 1 heterocycles. The number of nitrogens with zero attached hydrogens (tertiary/aromatic N) is 2. The maximum Gasteiger partial charge on any atom is 0.312 e. The molecule has 0 saturated carbocycles. The maximum atomic E-state index is 13.4. The average molecular weight is 305 g/mol. The van der Waals surface area contributed by atoms with Crippen molar-refractivity contribution < 1.29 is 9.31 Å². The van der Waals surface area contributed by atoms with Gasteiger partial charge in [0, 0.05) is 16.1 Å². The number of fused-ring (bicyclic) bond motifs is 1. The highest BCUT2D eigenvalue weighted by Gasteiger charge is 2.22. The third-order valence-corrected chi connectivity index (χ3v) is 2.97. The highest BCUT2D eigenvalue weighted by molar-refractivity contribution is 9.10. The molecule has 0 atom stereocenters. The number of nitro groups is 1. The summed E-state index contributed by atoms with van der Waals surface area (Å²) < 4.78 is 13.8. The van der Waals surface area contributed by atoms with Gasteiger partial charge in [0.1, 0.15) is 5.15 Å². The van der Waals surface area contributed by atoms with Gasteiger partial charge in [0.25, 0.3) is 0 Å². The van der Waals surface area contributed by atoms with Crippen molar-refractivity contribution in [2.75, 3.05) is 0 Å². The number of aromatic nitrogens is 1. The Morgan fingerprint density at radius 3 is 2.88 bits per heavy atom. The van der Waals surface area contributed by atoms with Gasteiger partial charge in [0.05, 0.1) is 10.3 Å². The Bertz CT molecular complexity index is 606. The molecule has 1 aromatic carbocycles. The molecule has 0 radical (unpaired) electrons. The van der Waals surface area contributed by atoms with Crippen LogP contribution in [0, 0.1) is 15.9 Å². The Hall–Kier alpha value is -1.27. The Balaban J connectivity index is 3.02. The van der Waals surface area contributed by atoms with Crippen LogP contribution in [0.25, 0.3) is 10.8 Å². The zero-order chi connectivity index (χ0) is 11.9. The molecule has 2 aromatic rings. The summed E-state index contributed by atoms with van der Waals surface area (Å²) in [6.07, 6.45) is 1.30. The first kappa shape index (κ1) is 11.2. The number of hydrogen-bond donors (Lipinski definition) is 0. The summed E-state index contributed by atoms with van der Waals surface area (Å²) in [5.74, 6) is -0.911. The van der Waals surface area contributed by atoms with Crippen LogP contribution in [0.2, 0.25) is 5.15 Å². The van der Waals surface area contributed by atoms with Crippen molar-refractivity contribution in [3.8, 4) is 0 Å². The standard InChI is InChI=1S/C9H3BrClFN2O2/c10-5-3-6(12)8(14(15)16)4-1-2-13-9(11)7(4)5/h1-3H. The van der Waals surface area contributed by atoms with E-state index in [4.69, 9.17) is 11.6 Å². The molecule has 1 aromatic heterocycles. The largest absolute Gasteiger partial charge is 0.312 e.